The van der Waals surface area contributed by atoms with Crippen molar-refractivity contribution in [3.05, 3.63) is 0 Å². The fourth-order valence-electron chi connectivity index (χ4n) is 1.16. The summed E-state index contributed by atoms with van der Waals surface area (Å²) in [5.74, 6) is 1.16. The summed E-state index contributed by atoms with van der Waals surface area (Å²) in [6.45, 7) is 10.2. The highest BCUT2D eigenvalue weighted by atomic mass is 16.5. The van der Waals surface area contributed by atoms with E-state index < -0.39 is 0 Å². The number of azo groups is 1. The summed E-state index contributed by atoms with van der Waals surface area (Å²) >= 11 is 0. The Labute approximate surface area is 87.9 Å². The molecule has 0 aromatic carbocycles. The summed E-state index contributed by atoms with van der Waals surface area (Å²) in [6.07, 6.45) is 1.38. The molecule has 0 aliphatic carbocycles. The molecule has 0 bridgehead atoms. The number of hydrogen-bond donors (Lipinski definition) is 0. The molecule has 0 heterocycles. The minimum atomic E-state index is 0.324. The molecule has 2 atom stereocenters. The van der Waals surface area contributed by atoms with E-state index in [-0.39, 0.29) is 0 Å². The van der Waals surface area contributed by atoms with Crippen LogP contribution in [0.5, 0.6) is 0 Å². The molecule has 0 radical (unpaired) electrons. The number of methoxy groups -OCH3 is 1. The van der Waals surface area contributed by atoms with Gasteiger partial charge in [-0.2, -0.15) is 10.2 Å². The molecule has 0 rings (SSSR count). The van der Waals surface area contributed by atoms with Crippen LogP contribution in [-0.4, -0.2) is 26.3 Å². The second-order valence-electron chi connectivity index (χ2n) is 4.43. The lowest BCUT2D eigenvalue weighted by molar-refractivity contribution is 0.0982. The van der Waals surface area contributed by atoms with E-state index in [2.05, 4.69) is 37.9 Å². The van der Waals surface area contributed by atoms with Gasteiger partial charge in [-0.1, -0.05) is 20.8 Å². The Hall–Kier alpha value is -0.440. The highest BCUT2D eigenvalue weighted by Gasteiger charge is 2.06. The maximum atomic E-state index is 5.19. The molecule has 0 aromatic rings. The van der Waals surface area contributed by atoms with Crippen LogP contribution >= 0.6 is 0 Å². The molecule has 3 nitrogen and oxygen atoms in total. The number of ether oxygens (including phenoxy) is 1. The molecule has 3 heteroatoms. The van der Waals surface area contributed by atoms with Crippen molar-refractivity contribution in [1.82, 2.24) is 0 Å². The molecule has 0 fully saturated rings. The van der Waals surface area contributed by atoms with E-state index in [1.807, 2.05) is 0 Å². The van der Waals surface area contributed by atoms with E-state index in [1.165, 1.54) is 0 Å². The van der Waals surface area contributed by atoms with Crippen molar-refractivity contribution in [2.24, 2.45) is 22.1 Å². The molecule has 0 saturated carbocycles. The van der Waals surface area contributed by atoms with Crippen LogP contribution in [0.4, 0.5) is 0 Å². The Kier molecular flexibility index (Phi) is 7.67. The smallest absolute Gasteiger partial charge is 0.0625 e. The van der Waals surface area contributed by atoms with Crippen molar-refractivity contribution >= 4 is 0 Å². The van der Waals surface area contributed by atoms with Crippen molar-refractivity contribution in [2.45, 2.75) is 40.2 Å². The Bertz CT molecular complexity index is 157. The largest absolute Gasteiger partial charge is 0.382 e. The van der Waals surface area contributed by atoms with Gasteiger partial charge in [0, 0.05) is 7.11 Å². The summed E-state index contributed by atoms with van der Waals surface area (Å²) < 4.78 is 5.19. The molecule has 0 aliphatic rings. The average Bonchev–Trinajstić information content (AvgIpc) is 2.12. The van der Waals surface area contributed by atoms with Crippen molar-refractivity contribution in [3.63, 3.8) is 0 Å². The molecular weight excluding hydrogens is 176 g/mol. The van der Waals surface area contributed by atoms with E-state index in [9.17, 15) is 0 Å². The highest BCUT2D eigenvalue weighted by Crippen LogP contribution is 2.08. The van der Waals surface area contributed by atoms with Gasteiger partial charge in [-0.15, -0.1) is 0 Å². The molecule has 0 saturated heterocycles. The first-order valence-electron chi connectivity index (χ1n) is 5.42. The predicted octanol–water partition coefficient (Wildman–Crippen LogP) is 3.16. The summed E-state index contributed by atoms with van der Waals surface area (Å²) in [6, 6.07) is 0. The first-order valence-corrected chi connectivity index (χ1v) is 5.42. The third kappa shape index (κ3) is 8.17. The Morgan fingerprint density at radius 2 is 1.57 bits per heavy atom. The van der Waals surface area contributed by atoms with Crippen LogP contribution in [0, 0.1) is 11.8 Å². The SMILES string of the molecule is COC(C)CC(C)CN=NCC(C)C. The Balaban J connectivity index is 3.52. The summed E-state index contributed by atoms with van der Waals surface area (Å²) in [5.41, 5.74) is 0. The van der Waals surface area contributed by atoms with E-state index in [1.54, 1.807) is 7.11 Å². The van der Waals surface area contributed by atoms with Crippen LogP contribution in [0.15, 0.2) is 10.2 Å². The van der Waals surface area contributed by atoms with E-state index in [0.717, 1.165) is 19.5 Å². The van der Waals surface area contributed by atoms with Crippen molar-refractivity contribution in [2.75, 3.05) is 20.2 Å². The lowest BCUT2D eigenvalue weighted by atomic mass is 10.1. The van der Waals surface area contributed by atoms with Crippen LogP contribution in [0.2, 0.25) is 0 Å². The Morgan fingerprint density at radius 3 is 2.07 bits per heavy atom. The zero-order chi connectivity index (χ0) is 11.0. The van der Waals surface area contributed by atoms with Gasteiger partial charge in [0.2, 0.25) is 0 Å². The number of nitrogens with zero attached hydrogens (tertiary/aromatic N) is 2. The first kappa shape index (κ1) is 13.6. The fourth-order valence-corrected chi connectivity index (χ4v) is 1.16. The molecular formula is C11H24N2O. The van der Waals surface area contributed by atoms with Gasteiger partial charge >= 0.3 is 0 Å². The summed E-state index contributed by atoms with van der Waals surface area (Å²) in [7, 11) is 1.75. The van der Waals surface area contributed by atoms with Gasteiger partial charge < -0.3 is 4.74 Å². The minimum absolute atomic E-state index is 0.324. The molecule has 0 amide bonds. The number of hydrogen-bond acceptors (Lipinski definition) is 3. The lowest BCUT2D eigenvalue weighted by Crippen LogP contribution is -2.12. The third-order valence-corrected chi connectivity index (χ3v) is 2.08. The molecule has 0 aliphatic heterocycles. The minimum Gasteiger partial charge on any atom is -0.382 e. The lowest BCUT2D eigenvalue weighted by Gasteiger charge is -2.13. The van der Waals surface area contributed by atoms with Crippen molar-refractivity contribution < 1.29 is 4.74 Å². The molecule has 0 spiro atoms. The third-order valence-electron chi connectivity index (χ3n) is 2.08. The maximum Gasteiger partial charge on any atom is 0.0625 e. The summed E-state index contributed by atoms with van der Waals surface area (Å²) in [5, 5.41) is 8.30. The molecule has 0 aromatic heterocycles. The van der Waals surface area contributed by atoms with Crippen LogP contribution < -0.4 is 0 Å². The van der Waals surface area contributed by atoms with Crippen LogP contribution in [0.3, 0.4) is 0 Å². The zero-order valence-electron chi connectivity index (χ0n) is 10.2. The van der Waals surface area contributed by atoms with E-state index in [0.29, 0.717) is 17.9 Å². The quantitative estimate of drug-likeness (QED) is 0.581. The van der Waals surface area contributed by atoms with Crippen LogP contribution in [0.25, 0.3) is 0 Å². The second-order valence-corrected chi connectivity index (χ2v) is 4.43. The van der Waals surface area contributed by atoms with Gasteiger partial charge in [-0.05, 0) is 25.2 Å². The van der Waals surface area contributed by atoms with Gasteiger partial charge in [0.15, 0.2) is 0 Å². The average molecular weight is 200 g/mol. The van der Waals surface area contributed by atoms with Gasteiger partial charge in [0.1, 0.15) is 0 Å². The summed E-state index contributed by atoms with van der Waals surface area (Å²) in [4.78, 5) is 0. The predicted molar refractivity (Wildman–Crippen MR) is 59.7 cm³/mol. The molecule has 2 unspecified atom stereocenters. The van der Waals surface area contributed by atoms with Crippen LogP contribution in [-0.2, 0) is 4.74 Å². The van der Waals surface area contributed by atoms with Crippen molar-refractivity contribution in [3.8, 4) is 0 Å². The van der Waals surface area contributed by atoms with Gasteiger partial charge in [0.05, 0.1) is 19.2 Å². The highest BCUT2D eigenvalue weighted by molar-refractivity contribution is 4.60. The zero-order valence-corrected chi connectivity index (χ0v) is 10.2. The van der Waals surface area contributed by atoms with E-state index in [4.69, 9.17) is 4.74 Å². The fraction of sp³-hybridized carbons (Fsp3) is 1.00. The normalized spacial score (nSPS) is 16.4. The topological polar surface area (TPSA) is 34.0 Å². The monoisotopic (exact) mass is 200 g/mol. The van der Waals surface area contributed by atoms with Gasteiger partial charge in [-0.25, -0.2) is 0 Å². The Morgan fingerprint density at radius 1 is 1.00 bits per heavy atom. The second kappa shape index (κ2) is 7.92. The van der Waals surface area contributed by atoms with Gasteiger partial charge in [0.25, 0.3) is 0 Å². The standard InChI is InChI=1S/C11H24N2O/c1-9(2)7-12-13-8-10(3)6-11(4)14-5/h9-11H,6-8H2,1-5H3. The van der Waals surface area contributed by atoms with Crippen molar-refractivity contribution in [1.29, 1.82) is 0 Å². The number of rotatable bonds is 7. The van der Waals surface area contributed by atoms with Crippen LogP contribution in [0.1, 0.15) is 34.1 Å². The van der Waals surface area contributed by atoms with Gasteiger partial charge in [-0.3, -0.25) is 0 Å². The first-order chi connectivity index (χ1) is 6.56. The van der Waals surface area contributed by atoms with E-state index >= 15 is 0 Å². The molecule has 84 valence electrons. The maximum absolute atomic E-state index is 5.19. The molecule has 14 heavy (non-hydrogen) atoms. The molecule has 0 N–H and O–H groups in total.